The lowest BCUT2D eigenvalue weighted by molar-refractivity contribution is 0.0431. The third kappa shape index (κ3) is 2.09. The molecule has 0 amide bonds. The molecule has 0 saturated carbocycles. The molecular formula is C15H24O2. The Kier molecular flexibility index (Phi) is 3.46. The highest BCUT2D eigenvalue weighted by Crippen LogP contribution is 2.49. The number of aliphatic hydroxyl groups excluding tert-OH is 2. The average molecular weight is 236 g/mol. The van der Waals surface area contributed by atoms with Crippen molar-refractivity contribution in [1.82, 2.24) is 0 Å². The second-order valence-corrected chi connectivity index (χ2v) is 6.08. The van der Waals surface area contributed by atoms with Gasteiger partial charge in [-0.05, 0) is 42.2 Å². The minimum absolute atomic E-state index is 0.0962. The Morgan fingerprint density at radius 1 is 1.47 bits per heavy atom. The zero-order valence-corrected chi connectivity index (χ0v) is 11.1. The molecule has 0 aliphatic heterocycles. The summed E-state index contributed by atoms with van der Waals surface area (Å²) in [6, 6.07) is 0. The molecule has 0 spiro atoms. The fourth-order valence-electron chi connectivity index (χ4n) is 3.21. The predicted octanol–water partition coefficient (Wildman–Crippen LogP) is 2.67. The molecule has 0 unspecified atom stereocenters. The molecule has 2 rings (SSSR count). The zero-order chi connectivity index (χ0) is 12.6. The second kappa shape index (κ2) is 4.58. The van der Waals surface area contributed by atoms with Crippen LogP contribution in [0.4, 0.5) is 0 Å². The van der Waals surface area contributed by atoms with Crippen molar-refractivity contribution in [1.29, 1.82) is 0 Å². The van der Waals surface area contributed by atoms with Gasteiger partial charge in [-0.15, -0.1) is 0 Å². The topological polar surface area (TPSA) is 40.5 Å². The van der Waals surface area contributed by atoms with Gasteiger partial charge in [0.25, 0.3) is 0 Å². The van der Waals surface area contributed by atoms with Crippen molar-refractivity contribution < 1.29 is 10.2 Å². The first-order valence-electron chi connectivity index (χ1n) is 6.69. The molecule has 0 aromatic carbocycles. The Labute approximate surface area is 104 Å². The molecule has 0 radical (unpaired) electrons. The lowest BCUT2D eigenvalue weighted by Crippen LogP contribution is -2.41. The van der Waals surface area contributed by atoms with Crippen molar-refractivity contribution >= 4 is 0 Å². The summed E-state index contributed by atoms with van der Waals surface area (Å²) >= 11 is 0. The predicted molar refractivity (Wildman–Crippen MR) is 69.5 cm³/mol. The number of hydrogen-bond acceptors (Lipinski definition) is 2. The highest BCUT2D eigenvalue weighted by atomic mass is 16.3. The van der Waals surface area contributed by atoms with E-state index in [0.29, 0.717) is 18.3 Å². The Morgan fingerprint density at radius 3 is 2.76 bits per heavy atom. The molecule has 0 bridgehead atoms. The van der Waals surface area contributed by atoms with Crippen LogP contribution in [0.15, 0.2) is 23.3 Å². The van der Waals surface area contributed by atoms with Crippen LogP contribution in [0.25, 0.3) is 0 Å². The van der Waals surface area contributed by atoms with Crippen LogP contribution >= 0.6 is 0 Å². The fraction of sp³-hybridized carbons (Fsp3) is 0.733. The maximum absolute atomic E-state index is 10.2. The van der Waals surface area contributed by atoms with Gasteiger partial charge >= 0.3 is 0 Å². The normalized spacial score (nSPS) is 37.5. The van der Waals surface area contributed by atoms with E-state index in [1.165, 1.54) is 5.57 Å². The van der Waals surface area contributed by atoms with Gasteiger partial charge in [0.05, 0.1) is 12.7 Å². The van der Waals surface area contributed by atoms with Gasteiger partial charge in [-0.1, -0.05) is 32.9 Å². The fourth-order valence-corrected chi connectivity index (χ4v) is 3.21. The summed E-state index contributed by atoms with van der Waals surface area (Å²) in [5.41, 5.74) is 2.09. The van der Waals surface area contributed by atoms with Crippen molar-refractivity contribution in [3.63, 3.8) is 0 Å². The summed E-state index contributed by atoms with van der Waals surface area (Å²) in [5.74, 6) is 1.21. The first-order valence-corrected chi connectivity index (χ1v) is 6.69. The molecule has 2 aliphatic rings. The quantitative estimate of drug-likeness (QED) is 0.774. The van der Waals surface area contributed by atoms with Crippen molar-refractivity contribution in [2.24, 2.45) is 17.3 Å². The molecule has 0 fully saturated rings. The van der Waals surface area contributed by atoms with Crippen LogP contribution in [0.5, 0.6) is 0 Å². The molecule has 2 nitrogen and oxygen atoms in total. The third-order valence-electron chi connectivity index (χ3n) is 4.69. The zero-order valence-electron chi connectivity index (χ0n) is 11.1. The van der Waals surface area contributed by atoms with E-state index in [9.17, 15) is 10.2 Å². The van der Waals surface area contributed by atoms with E-state index in [4.69, 9.17) is 0 Å². The van der Waals surface area contributed by atoms with Crippen LogP contribution in [0.1, 0.15) is 40.0 Å². The van der Waals surface area contributed by atoms with Crippen molar-refractivity contribution in [3.05, 3.63) is 23.3 Å². The van der Waals surface area contributed by atoms with Gasteiger partial charge in [0.15, 0.2) is 0 Å². The van der Waals surface area contributed by atoms with Gasteiger partial charge in [-0.3, -0.25) is 0 Å². The number of fused-ring (bicyclic) bond motifs is 1. The molecule has 0 heterocycles. The van der Waals surface area contributed by atoms with Crippen LogP contribution < -0.4 is 0 Å². The molecule has 0 saturated heterocycles. The average Bonchev–Trinajstić information content (AvgIpc) is 2.30. The number of hydrogen-bond donors (Lipinski definition) is 2. The highest BCUT2D eigenvalue weighted by Gasteiger charge is 2.43. The number of allylic oxidation sites excluding steroid dienone is 1. The van der Waals surface area contributed by atoms with E-state index in [-0.39, 0.29) is 18.1 Å². The summed E-state index contributed by atoms with van der Waals surface area (Å²) in [6.45, 7) is 6.72. The van der Waals surface area contributed by atoms with E-state index in [0.717, 1.165) is 18.4 Å². The monoisotopic (exact) mass is 236 g/mol. The molecule has 3 atom stereocenters. The number of aliphatic hydroxyl groups is 2. The Bertz CT molecular complexity index is 354. The van der Waals surface area contributed by atoms with E-state index < -0.39 is 0 Å². The van der Waals surface area contributed by atoms with E-state index in [2.05, 4.69) is 26.8 Å². The first-order chi connectivity index (χ1) is 7.99. The van der Waals surface area contributed by atoms with Crippen molar-refractivity contribution in [2.75, 3.05) is 6.61 Å². The lowest BCUT2D eigenvalue weighted by atomic mass is 9.61. The van der Waals surface area contributed by atoms with E-state index in [1.807, 2.05) is 6.08 Å². The lowest BCUT2D eigenvalue weighted by Gasteiger charge is -2.45. The molecule has 0 aromatic heterocycles. The minimum atomic E-state index is -0.294. The van der Waals surface area contributed by atoms with Crippen molar-refractivity contribution in [2.45, 2.75) is 46.1 Å². The molecular weight excluding hydrogens is 212 g/mol. The van der Waals surface area contributed by atoms with Gasteiger partial charge in [0.2, 0.25) is 0 Å². The van der Waals surface area contributed by atoms with Crippen LogP contribution in [-0.2, 0) is 0 Å². The maximum atomic E-state index is 10.2. The summed E-state index contributed by atoms with van der Waals surface area (Å²) in [4.78, 5) is 0. The molecule has 17 heavy (non-hydrogen) atoms. The molecule has 2 heteroatoms. The van der Waals surface area contributed by atoms with Crippen LogP contribution in [-0.4, -0.2) is 22.9 Å². The summed E-state index contributed by atoms with van der Waals surface area (Å²) in [6.07, 6.45) is 6.86. The van der Waals surface area contributed by atoms with E-state index in [1.54, 1.807) is 0 Å². The Morgan fingerprint density at radius 2 is 2.18 bits per heavy atom. The standard InChI is InChI=1S/C15H24O2/c1-10(2)11-6-7-15(3)13(8-11)12(9-16)4-5-14(15)17/h4,8,10-11,14,16-17H,5-7,9H2,1-3H3/t11-,14-,15-/m1/s1. The van der Waals surface area contributed by atoms with Gasteiger partial charge in [-0.2, -0.15) is 0 Å². The summed E-state index contributed by atoms with van der Waals surface area (Å²) in [5, 5.41) is 19.7. The van der Waals surface area contributed by atoms with Crippen LogP contribution in [0, 0.1) is 17.3 Å². The van der Waals surface area contributed by atoms with Gasteiger partial charge < -0.3 is 10.2 Å². The number of rotatable bonds is 2. The van der Waals surface area contributed by atoms with Crippen molar-refractivity contribution in [3.8, 4) is 0 Å². The maximum Gasteiger partial charge on any atom is 0.0681 e. The van der Waals surface area contributed by atoms with Gasteiger partial charge in [0.1, 0.15) is 0 Å². The van der Waals surface area contributed by atoms with Gasteiger partial charge in [-0.25, -0.2) is 0 Å². The highest BCUT2D eigenvalue weighted by molar-refractivity contribution is 5.42. The van der Waals surface area contributed by atoms with Gasteiger partial charge in [0, 0.05) is 5.41 Å². The largest absolute Gasteiger partial charge is 0.392 e. The van der Waals surface area contributed by atoms with Crippen LogP contribution in [0.2, 0.25) is 0 Å². The third-order valence-corrected chi connectivity index (χ3v) is 4.69. The smallest absolute Gasteiger partial charge is 0.0681 e. The molecule has 0 aromatic rings. The molecule has 2 N–H and O–H groups in total. The van der Waals surface area contributed by atoms with Crippen LogP contribution in [0.3, 0.4) is 0 Å². The molecule has 2 aliphatic carbocycles. The summed E-state index contributed by atoms with van der Waals surface area (Å²) < 4.78 is 0. The Hall–Kier alpha value is -0.600. The first kappa shape index (κ1) is 12.8. The minimum Gasteiger partial charge on any atom is -0.392 e. The van der Waals surface area contributed by atoms with E-state index >= 15 is 0 Å². The SMILES string of the molecule is CC(C)[C@H]1C=C2C(CO)=CC[C@@H](O)[C@]2(C)CC1. The Balaban J connectivity index is 2.40. The molecule has 96 valence electrons. The summed E-state index contributed by atoms with van der Waals surface area (Å²) in [7, 11) is 0. The second-order valence-electron chi connectivity index (χ2n) is 6.08.